The van der Waals surface area contributed by atoms with Crippen molar-refractivity contribution >= 4 is 17.3 Å². The summed E-state index contributed by atoms with van der Waals surface area (Å²) in [5, 5.41) is 3.74. The number of nitrogens with one attached hydrogen (secondary N) is 1. The van der Waals surface area contributed by atoms with Crippen molar-refractivity contribution in [2.45, 2.75) is 0 Å². The lowest BCUT2D eigenvalue weighted by Gasteiger charge is -2.09. The van der Waals surface area contributed by atoms with Gasteiger partial charge in [-0.2, -0.15) is 0 Å². The van der Waals surface area contributed by atoms with Crippen molar-refractivity contribution in [3.63, 3.8) is 0 Å². The Morgan fingerprint density at radius 3 is 2.76 bits per heavy atom. The number of pyridine rings is 1. The Morgan fingerprint density at radius 2 is 2.06 bits per heavy atom. The van der Waals surface area contributed by atoms with Gasteiger partial charge >= 0.3 is 0 Å². The molecule has 1 aromatic carbocycles. The quantitative estimate of drug-likeness (QED) is 0.903. The third-order valence-electron chi connectivity index (χ3n) is 2.49. The average molecular weight is 249 g/mol. The van der Waals surface area contributed by atoms with Crippen molar-refractivity contribution in [2.24, 2.45) is 0 Å². The molecule has 1 aromatic heterocycles. The summed E-state index contributed by atoms with van der Waals surface area (Å²) in [7, 11) is 3.50. The summed E-state index contributed by atoms with van der Waals surface area (Å²) < 4.78 is 5.31. The number of anilines is 1. The van der Waals surface area contributed by atoms with Crippen LogP contribution in [0.1, 0.15) is 0 Å². The van der Waals surface area contributed by atoms with Gasteiger partial charge in [-0.3, -0.25) is 4.98 Å². The van der Waals surface area contributed by atoms with Crippen molar-refractivity contribution in [1.82, 2.24) is 4.98 Å². The first-order valence-corrected chi connectivity index (χ1v) is 5.60. The fourth-order valence-corrected chi connectivity index (χ4v) is 1.79. The van der Waals surface area contributed by atoms with Crippen LogP contribution in [0.4, 0.5) is 5.69 Å². The van der Waals surface area contributed by atoms with Crippen LogP contribution in [0, 0.1) is 0 Å². The van der Waals surface area contributed by atoms with E-state index in [1.807, 2.05) is 31.3 Å². The second-order valence-corrected chi connectivity index (χ2v) is 3.96. The van der Waals surface area contributed by atoms with E-state index in [2.05, 4.69) is 10.3 Å². The summed E-state index contributed by atoms with van der Waals surface area (Å²) in [5.41, 5.74) is 2.71. The Balaban J connectivity index is 2.54. The molecule has 0 bridgehead atoms. The molecule has 0 saturated heterocycles. The highest BCUT2D eigenvalue weighted by molar-refractivity contribution is 6.30. The molecule has 2 aromatic rings. The van der Waals surface area contributed by atoms with Gasteiger partial charge in [0.1, 0.15) is 5.75 Å². The van der Waals surface area contributed by atoms with E-state index in [1.165, 1.54) is 0 Å². The van der Waals surface area contributed by atoms with E-state index in [0.29, 0.717) is 5.02 Å². The number of benzene rings is 1. The SMILES string of the molecule is CNc1ccnc(-c2cc(Cl)ccc2OC)c1. The minimum Gasteiger partial charge on any atom is -0.496 e. The van der Waals surface area contributed by atoms with E-state index >= 15 is 0 Å². The Morgan fingerprint density at radius 1 is 1.24 bits per heavy atom. The Labute approximate surface area is 105 Å². The zero-order valence-corrected chi connectivity index (χ0v) is 10.5. The zero-order chi connectivity index (χ0) is 12.3. The van der Waals surface area contributed by atoms with Crippen LogP contribution in [0.5, 0.6) is 5.75 Å². The second-order valence-electron chi connectivity index (χ2n) is 3.52. The zero-order valence-electron chi connectivity index (χ0n) is 9.70. The van der Waals surface area contributed by atoms with E-state index in [1.54, 1.807) is 19.4 Å². The predicted molar refractivity (Wildman–Crippen MR) is 70.8 cm³/mol. The molecular formula is C13H13ClN2O. The van der Waals surface area contributed by atoms with Crippen LogP contribution in [0.15, 0.2) is 36.5 Å². The Kier molecular flexibility index (Phi) is 3.49. The molecule has 0 aliphatic rings. The number of aromatic nitrogens is 1. The van der Waals surface area contributed by atoms with Gasteiger partial charge in [0.25, 0.3) is 0 Å². The van der Waals surface area contributed by atoms with Gasteiger partial charge in [0.05, 0.1) is 12.8 Å². The molecule has 0 aliphatic heterocycles. The van der Waals surface area contributed by atoms with Crippen molar-refractivity contribution in [1.29, 1.82) is 0 Å². The topological polar surface area (TPSA) is 34.2 Å². The van der Waals surface area contributed by atoms with Gasteiger partial charge in [-0.1, -0.05) is 11.6 Å². The molecular weight excluding hydrogens is 236 g/mol. The number of nitrogens with zero attached hydrogens (tertiary/aromatic N) is 1. The average Bonchev–Trinajstić information content (AvgIpc) is 2.39. The molecule has 0 amide bonds. The van der Waals surface area contributed by atoms with Crippen LogP contribution in [-0.4, -0.2) is 19.1 Å². The summed E-state index contributed by atoms with van der Waals surface area (Å²) in [6.45, 7) is 0. The number of ether oxygens (including phenoxy) is 1. The molecule has 0 radical (unpaired) electrons. The predicted octanol–water partition coefficient (Wildman–Crippen LogP) is 3.45. The lowest BCUT2D eigenvalue weighted by Crippen LogP contribution is -1.93. The number of hydrogen-bond acceptors (Lipinski definition) is 3. The summed E-state index contributed by atoms with van der Waals surface area (Å²) in [6, 6.07) is 9.34. The number of halogens is 1. The molecule has 88 valence electrons. The number of hydrogen-bond donors (Lipinski definition) is 1. The summed E-state index contributed by atoms with van der Waals surface area (Å²) in [6.07, 6.45) is 1.75. The van der Waals surface area contributed by atoms with Gasteiger partial charge in [-0.05, 0) is 30.3 Å². The maximum absolute atomic E-state index is 6.00. The van der Waals surface area contributed by atoms with Gasteiger partial charge < -0.3 is 10.1 Å². The Bertz CT molecular complexity index is 529. The minimum atomic E-state index is 0.664. The molecule has 0 saturated carbocycles. The first-order valence-electron chi connectivity index (χ1n) is 5.22. The molecule has 0 atom stereocenters. The van der Waals surface area contributed by atoms with Crippen LogP contribution in [0.2, 0.25) is 5.02 Å². The third-order valence-corrected chi connectivity index (χ3v) is 2.72. The van der Waals surface area contributed by atoms with E-state index in [-0.39, 0.29) is 0 Å². The first kappa shape index (κ1) is 11.7. The van der Waals surface area contributed by atoms with E-state index in [0.717, 1.165) is 22.7 Å². The highest BCUT2D eigenvalue weighted by atomic mass is 35.5. The van der Waals surface area contributed by atoms with Crippen LogP contribution in [0.25, 0.3) is 11.3 Å². The molecule has 0 fully saturated rings. The van der Waals surface area contributed by atoms with Gasteiger partial charge in [0, 0.05) is 29.5 Å². The molecule has 4 heteroatoms. The van der Waals surface area contributed by atoms with Crippen molar-refractivity contribution in [2.75, 3.05) is 19.5 Å². The molecule has 0 aliphatic carbocycles. The highest BCUT2D eigenvalue weighted by Gasteiger charge is 2.08. The molecule has 1 N–H and O–H groups in total. The number of methoxy groups -OCH3 is 1. The van der Waals surface area contributed by atoms with Crippen LogP contribution >= 0.6 is 11.6 Å². The molecule has 1 heterocycles. The normalized spacial score (nSPS) is 10.1. The van der Waals surface area contributed by atoms with Gasteiger partial charge in [0.15, 0.2) is 0 Å². The largest absolute Gasteiger partial charge is 0.496 e. The monoisotopic (exact) mass is 248 g/mol. The first-order chi connectivity index (χ1) is 8.24. The van der Waals surface area contributed by atoms with Crippen LogP contribution < -0.4 is 10.1 Å². The lowest BCUT2D eigenvalue weighted by molar-refractivity contribution is 0.416. The molecule has 0 unspecified atom stereocenters. The molecule has 2 rings (SSSR count). The summed E-state index contributed by atoms with van der Waals surface area (Å²) in [5.74, 6) is 0.759. The fraction of sp³-hybridized carbons (Fsp3) is 0.154. The van der Waals surface area contributed by atoms with Gasteiger partial charge in [-0.25, -0.2) is 0 Å². The van der Waals surface area contributed by atoms with E-state index < -0.39 is 0 Å². The lowest BCUT2D eigenvalue weighted by atomic mass is 10.1. The third kappa shape index (κ3) is 2.50. The second kappa shape index (κ2) is 5.06. The maximum Gasteiger partial charge on any atom is 0.128 e. The number of rotatable bonds is 3. The molecule has 17 heavy (non-hydrogen) atoms. The fourth-order valence-electron chi connectivity index (χ4n) is 1.61. The summed E-state index contributed by atoms with van der Waals surface area (Å²) >= 11 is 6.00. The van der Waals surface area contributed by atoms with Crippen LogP contribution in [-0.2, 0) is 0 Å². The smallest absolute Gasteiger partial charge is 0.128 e. The molecule has 3 nitrogen and oxygen atoms in total. The van der Waals surface area contributed by atoms with Gasteiger partial charge in [0.2, 0.25) is 0 Å². The van der Waals surface area contributed by atoms with Gasteiger partial charge in [-0.15, -0.1) is 0 Å². The Hall–Kier alpha value is -1.74. The summed E-state index contributed by atoms with van der Waals surface area (Å²) in [4.78, 5) is 4.33. The van der Waals surface area contributed by atoms with E-state index in [9.17, 15) is 0 Å². The van der Waals surface area contributed by atoms with E-state index in [4.69, 9.17) is 16.3 Å². The molecule has 0 spiro atoms. The van der Waals surface area contributed by atoms with Crippen molar-refractivity contribution in [3.8, 4) is 17.0 Å². The standard InChI is InChI=1S/C13H13ClN2O/c1-15-10-5-6-16-12(8-10)11-7-9(14)3-4-13(11)17-2/h3-8H,1-2H3,(H,15,16). The van der Waals surface area contributed by atoms with Crippen LogP contribution in [0.3, 0.4) is 0 Å². The minimum absolute atomic E-state index is 0.664. The van der Waals surface area contributed by atoms with Crippen molar-refractivity contribution in [3.05, 3.63) is 41.6 Å². The highest BCUT2D eigenvalue weighted by Crippen LogP contribution is 2.32. The van der Waals surface area contributed by atoms with Crippen molar-refractivity contribution < 1.29 is 4.74 Å². The maximum atomic E-state index is 6.00.